The first kappa shape index (κ1) is 28.4. The van der Waals surface area contributed by atoms with E-state index >= 15 is 0 Å². The largest absolute Gasteiger partial charge is 0.493 e. The molecule has 0 fully saturated rings. The van der Waals surface area contributed by atoms with Gasteiger partial charge in [0.15, 0.2) is 11.5 Å². The van der Waals surface area contributed by atoms with E-state index in [9.17, 15) is 14.4 Å². The van der Waals surface area contributed by atoms with Crippen LogP contribution in [0.3, 0.4) is 0 Å². The van der Waals surface area contributed by atoms with Gasteiger partial charge in [0.25, 0.3) is 0 Å². The van der Waals surface area contributed by atoms with Crippen molar-refractivity contribution in [2.24, 2.45) is 5.73 Å². The van der Waals surface area contributed by atoms with Crippen molar-refractivity contribution in [1.82, 2.24) is 0 Å². The lowest BCUT2D eigenvalue weighted by atomic mass is 9.83. The number of nitriles is 1. The Morgan fingerprint density at radius 1 is 1.00 bits per heavy atom. The fourth-order valence-corrected chi connectivity index (χ4v) is 5.25. The average Bonchev–Trinajstić information content (AvgIpc) is 3.35. The number of fused-ring (bicyclic) bond motifs is 2. The number of esters is 1. The highest BCUT2D eigenvalue weighted by Crippen LogP contribution is 2.45. The van der Waals surface area contributed by atoms with Crippen LogP contribution >= 0.6 is 0 Å². The van der Waals surface area contributed by atoms with Gasteiger partial charge in [-0.15, -0.1) is 0 Å². The molecule has 4 aromatic carbocycles. The van der Waals surface area contributed by atoms with Crippen LogP contribution in [0.2, 0.25) is 0 Å². The molecule has 9 heteroatoms. The Morgan fingerprint density at radius 3 is 2.55 bits per heavy atom. The number of rotatable bonds is 7. The van der Waals surface area contributed by atoms with Gasteiger partial charge >= 0.3 is 5.97 Å². The smallest absolute Gasteiger partial charge is 0.379 e. The van der Waals surface area contributed by atoms with E-state index in [4.69, 9.17) is 29.1 Å². The van der Waals surface area contributed by atoms with E-state index in [-0.39, 0.29) is 35.4 Å². The molecule has 2 N–H and O–H groups in total. The minimum Gasteiger partial charge on any atom is -0.493 e. The maximum Gasteiger partial charge on any atom is 0.379 e. The summed E-state index contributed by atoms with van der Waals surface area (Å²) in [4.78, 5) is 13.1. The van der Waals surface area contributed by atoms with Crippen LogP contribution in [-0.2, 0) is 6.61 Å². The molecule has 6 rings (SSSR count). The van der Waals surface area contributed by atoms with Gasteiger partial charge < -0.3 is 29.1 Å². The van der Waals surface area contributed by atoms with E-state index in [1.54, 1.807) is 42.5 Å². The molecular weight excluding hydrogens is 563 g/mol. The Labute approximate surface area is 252 Å². The van der Waals surface area contributed by atoms with Gasteiger partial charge in [-0.2, -0.15) is 5.26 Å². The van der Waals surface area contributed by atoms with Crippen LogP contribution in [0.1, 0.15) is 44.3 Å². The summed E-state index contributed by atoms with van der Waals surface area (Å²) in [5.41, 5.74) is 10.9. The van der Waals surface area contributed by atoms with Gasteiger partial charge in [0.2, 0.25) is 11.6 Å². The van der Waals surface area contributed by atoms with E-state index in [0.717, 1.165) is 16.5 Å². The van der Waals surface area contributed by atoms with Crippen LogP contribution in [0.4, 0.5) is 4.39 Å². The summed E-state index contributed by atoms with van der Waals surface area (Å²) in [5, 5.41) is 10.8. The number of allylic oxidation sites excluding steroid dienone is 1. The standard InChI is InChI=1S/C35H27FN2O6/c1-19-4-12-28-26(14-19)20(2)33(43-28)35(39)42-24-10-11-25-30(16-24)44-34(38)27(17-37)32(25)22-7-13-29(31(15-22)40-3)41-18-21-5-8-23(36)9-6-21/h4-16,32H,18,38H2,1-3H3. The topological polar surface area (TPSA) is 117 Å². The Kier molecular flexibility index (Phi) is 7.41. The van der Waals surface area contributed by atoms with Crippen molar-refractivity contribution in [1.29, 1.82) is 5.26 Å². The summed E-state index contributed by atoms with van der Waals surface area (Å²) in [6.45, 7) is 3.99. The second-order valence-electron chi connectivity index (χ2n) is 10.4. The highest BCUT2D eigenvalue weighted by Gasteiger charge is 2.32. The summed E-state index contributed by atoms with van der Waals surface area (Å²) in [6.07, 6.45) is 0. The van der Waals surface area contributed by atoms with E-state index in [1.165, 1.54) is 19.2 Å². The number of hydrogen-bond acceptors (Lipinski definition) is 8. The molecule has 2 heterocycles. The second kappa shape index (κ2) is 11.5. The SMILES string of the molecule is COc1cc(C2C(C#N)=C(N)Oc3cc(OC(=O)c4oc5ccc(C)cc5c4C)ccc32)ccc1OCc1ccc(F)cc1. The molecule has 0 bridgehead atoms. The average molecular weight is 591 g/mol. The zero-order valence-corrected chi connectivity index (χ0v) is 24.1. The Morgan fingerprint density at radius 2 is 1.80 bits per heavy atom. The molecule has 0 saturated heterocycles. The molecule has 0 aliphatic carbocycles. The van der Waals surface area contributed by atoms with E-state index in [0.29, 0.717) is 39.5 Å². The van der Waals surface area contributed by atoms with Crippen LogP contribution in [0.15, 0.2) is 94.7 Å². The number of carbonyl (C=O) groups excluding carboxylic acids is 1. The fraction of sp³-hybridized carbons (Fsp3) is 0.143. The number of nitrogens with zero attached hydrogens (tertiary/aromatic N) is 1. The number of benzene rings is 4. The van der Waals surface area contributed by atoms with E-state index < -0.39 is 11.9 Å². The number of hydrogen-bond donors (Lipinski definition) is 1. The summed E-state index contributed by atoms with van der Waals surface area (Å²) >= 11 is 0. The van der Waals surface area contributed by atoms with Gasteiger partial charge in [-0.1, -0.05) is 35.9 Å². The van der Waals surface area contributed by atoms with Crippen molar-refractivity contribution in [2.75, 3.05) is 7.11 Å². The fourth-order valence-electron chi connectivity index (χ4n) is 5.25. The van der Waals surface area contributed by atoms with Gasteiger partial charge in [0, 0.05) is 22.6 Å². The minimum absolute atomic E-state index is 0.0624. The maximum absolute atomic E-state index is 13.3. The minimum atomic E-state index is -0.647. The van der Waals surface area contributed by atoms with Crippen molar-refractivity contribution >= 4 is 16.9 Å². The molecule has 1 atom stereocenters. The summed E-state index contributed by atoms with van der Waals surface area (Å²) in [7, 11) is 1.52. The van der Waals surface area contributed by atoms with Gasteiger partial charge in [-0.3, -0.25) is 0 Å². The molecule has 220 valence electrons. The maximum atomic E-state index is 13.3. The van der Waals surface area contributed by atoms with Gasteiger partial charge in [0.05, 0.1) is 13.0 Å². The number of methoxy groups -OCH3 is 1. The number of carbonyl (C=O) groups is 1. The summed E-state index contributed by atoms with van der Waals surface area (Å²) < 4.78 is 42.1. The third-order valence-electron chi connectivity index (χ3n) is 7.51. The highest BCUT2D eigenvalue weighted by atomic mass is 19.1. The lowest BCUT2D eigenvalue weighted by Gasteiger charge is -2.27. The Balaban J connectivity index is 1.28. The quantitative estimate of drug-likeness (QED) is 0.156. The first-order valence-corrected chi connectivity index (χ1v) is 13.7. The van der Waals surface area contributed by atoms with Crippen LogP contribution in [0.25, 0.3) is 11.0 Å². The second-order valence-corrected chi connectivity index (χ2v) is 10.4. The molecule has 1 unspecified atom stereocenters. The lowest BCUT2D eigenvalue weighted by molar-refractivity contribution is 0.0702. The molecule has 8 nitrogen and oxygen atoms in total. The Hall–Kier alpha value is -5.75. The van der Waals surface area contributed by atoms with Crippen LogP contribution < -0.4 is 24.7 Å². The van der Waals surface area contributed by atoms with Crippen LogP contribution in [0.5, 0.6) is 23.0 Å². The first-order valence-electron chi connectivity index (χ1n) is 13.7. The molecule has 0 saturated carbocycles. The van der Waals surface area contributed by atoms with Crippen molar-refractivity contribution in [2.45, 2.75) is 26.4 Å². The molecule has 1 aliphatic heterocycles. The van der Waals surface area contributed by atoms with Crippen molar-refractivity contribution in [3.8, 4) is 29.1 Å². The van der Waals surface area contributed by atoms with Crippen molar-refractivity contribution in [3.05, 3.63) is 130 Å². The van der Waals surface area contributed by atoms with Gasteiger partial charge in [0.1, 0.15) is 41.1 Å². The molecule has 0 spiro atoms. The predicted octanol–water partition coefficient (Wildman–Crippen LogP) is 7.21. The number of ether oxygens (including phenoxy) is 4. The number of nitrogens with two attached hydrogens (primary N) is 1. The molecule has 5 aromatic rings. The van der Waals surface area contributed by atoms with Crippen LogP contribution in [0, 0.1) is 31.0 Å². The number of halogens is 1. The predicted molar refractivity (Wildman–Crippen MR) is 160 cm³/mol. The molecular formula is C35H27FN2O6. The molecule has 0 radical (unpaired) electrons. The van der Waals surface area contributed by atoms with Crippen molar-refractivity contribution < 1.29 is 32.5 Å². The third-order valence-corrected chi connectivity index (χ3v) is 7.51. The molecule has 0 amide bonds. The number of aryl methyl sites for hydroxylation is 2. The van der Waals surface area contributed by atoms with E-state index in [1.807, 2.05) is 38.1 Å². The zero-order chi connectivity index (χ0) is 31.0. The van der Waals surface area contributed by atoms with Crippen LogP contribution in [-0.4, -0.2) is 13.1 Å². The molecule has 1 aliphatic rings. The summed E-state index contributed by atoms with van der Waals surface area (Å²) in [6, 6.07) is 24.1. The highest BCUT2D eigenvalue weighted by molar-refractivity contribution is 5.97. The summed E-state index contributed by atoms with van der Waals surface area (Å²) in [5.74, 6) is -0.0371. The zero-order valence-electron chi connectivity index (χ0n) is 24.1. The van der Waals surface area contributed by atoms with Crippen molar-refractivity contribution in [3.63, 3.8) is 0 Å². The molecule has 44 heavy (non-hydrogen) atoms. The van der Waals surface area contributed by atoms with Gasteiger partial charge in [-0.25, -0.2) is 9.18 Å². The third kappa shape index (κ3) is 5.29. The van der Waals surface area contributed by atoms with Gasteiger partial charge in [-0.05, 0) is 67.4 Å². The number of furan rings is 1. The van der Waals surface area contributed by atoms with E-state index in [2.05, 4.69) is 6.07 Å². The normalized spacial score (nSPS) is 14.0. The lowest BCUT2D eigenvalue weighted by Crippen LogP contribution is -2.21. The monoisotopic (exact) mass is 590 g/mol. The molecule has 1 aromatic heterocycles. The first-order chi connectivity index (χ1) is 21.2. The Bertz CT molecular complexity index is 1990.